The zero-order chi connectivity index (χ0) is 28.4. The van der Waals surface area contributed by atoms with Crippen molar-refractivity contribution in [3.63, 3.8) is 0 Å². The highest BCUT2D eigenvalue weighted by atomic mass is 32.2. The molecule has 1 aliphatic rings. The second-order valence-corrected chi connectivity index (χ2v) is 11.9. The fraction of sp³-hybridized carbons (Fsp3) is 0.355. The fourth-order valence-electron chi connectivity index (χ4n) is 4.58. The summed E-state index contributed by atoms with van der Waals surface area (Å²) >= 11 is 0. The number of sulfone groups is 1. The smallest absolute Gasteiger partial charge is 0.251 e. The van der Waals surface area contributed by atoms with Crippen LogP contribution in [-0.4, -0.2) is 62.5 Å². The Morgan fingerprint density at radius 1 is 1.00 bits per heavy atom. The van der Waals surface area contributed by atoms with E-state index < -0.39 is 21.5 Å². The van der Waals surface area contributed by atoms with Gasteiger partial charge in [-0.05, 0) is 68.1 Å². The SMILES string of the molecule is C[C@H]1OC(c2ccc(OCCCO)cc2)=N[C@@]1(CCS(=O)(=O)c1ccccc1)C(=O)NCCCc1ccccc1. The highest BCUT2D eigenvalue weighted by Gasteiger charge is 2.50. The molecule has 0 fully saturated rings. The Kier molecular flexibility index (Phi) is 9.95. The lowest BCUT2D eigenvalue weighted by Crippen LogP contribution is -2.52. The molecule has 0 aliphatic carbocycles. The number of nitrogens with zero attached hydrogens (tertiary/aromatic N) is 1. The molecule has 0 aromatic heterocycles. The summed E-state index contributed by atoms with van der Waals surface area (Å²) in [6.07, 6.45) is 1.37. The van der Waals surface area contributed by atoms with Gasteiger partial charge in [0.1, 0.15) is 11.9 Å². The van der Waals surface area contributed by atoms with E-state index in [1.807, 2.05) is 30.3 Å². The van der Waals surface area contributed by atoms with Crippen LogP contribution in [0.4, 0.5) is 0 Å². The zero-order valence-corrected chi connectivity index (χ0v) is 23.5. The monoisotopic (exact) mass is 564 g/mol. The predicted octanol–water partition coefficient (Wildman–Crippen LogP) is 3.96. The third-order valence-corrected chi connectivity index (χ3v) is 8.68. The van der Waals surface area contributed by atoms with Crippen molar-refractivity contribution in [2.75, 3.05) is 25.5 Å². The molecule has 0 unspecified atom stereocenters. The van der Waals surface area contributed by atoms with E-state index >= 15 is 0 Å². The van der Waals surface area contributed by atoms with E-state index in [0.717, 1.165) is 12.8 Å². The molecule has 40 heavy (non-hydrogen) atoms. The first-order valence-electron chi connectivity index (χ1n) is 13.5. The van der Waals surface area contributed by atoms with Crippen LogP contribution < -0.4 is 10.1 Å². The minimum atomic E-state index is -3.64. The lowest BCUT2D eigenvalue weighted by molar-refractivity contribution is -0.128. The minimum absolute atomic E-state index is 0.0260. The van der Waals surface area contributed by atoms with Gasteiger partial charge in [0.2, 0.25) is 5.90 Å². The van der Waals surface area contributed by atoms with Crippen LogP contribution in [0.5, 0.6) is 5.75 Å². The molecule has 8 nitrogen and oxygen atoms in total. The van der Waals surface area contributed by atoms with Crippen molar-refractivity contribution < 1.29 is 27.8 Å². The number of aryl methyl sites for hydroxylation is 1. The van der Waals surface area contributed by atoms with E-state index in [1.165, 1.54) is 5.56 Å². The van der Waals surface area contributed by atoms with Gasteiger partial charge in [0.05, 0.1) is 17.3 Å². The molecule has 2 N–H and O–H groups in total. The van der Waals surface area contributed by atoms with Crippen LogP contribution in [0.2, 0.25) is 0 Å². The van der Waals surface area contributed by atoms with Crippen LogP contribution in [0.3, 0.4) is 0 Å². The van der Waals surface area contributed by atoms with Crippen molar-refractivity contribution in [2.24, 2.45) is 4.99 Å². The summed E-state index contributed by atoms with van der Waals surface area (Å²) in [5.74, 6) is 0.317. The molecule has 3 aromatic rings. The number of amides is 1. The summed E-state index contributed by atoms with van der Waals surface area (Å²) < 4.78 is 37.9. The average Bonchev–Trinajstić information content (AvgIpc) is 3.33. The number of aliphatic hydroxyl groups is 1. The normalized spacial score (nSPS) is 18.6. The Hall–Kier alpha value is -3.69. The maximum absolute atomic E-state index is 13.7. The molecule has 1 aliphatic heterocycles. The predicted molar refractivity (Wildman–Crippen MR) is 154 cm³/mol. The maximum atomic E-state index is 13.7. The highest BCUT2D eigenvalue weighted by molar-refractivity contribution is 7.91. The van der Waals surface area contributed by atoms with Crippen LogP contribution in [0.25, 0.3) is 0 Å². The topological polar surface area (TPSA) is 114 Å². The zero-order valence-electron chi connectivity index (χ0n) is 22.7. The minimum Gasteiger partial charge on any atom is -0.494 e. The first-order chi connectivity index (χ1) is 19.3. The van der Waals surface area contributed by atoms with E-state index in [4.69, 9.17) is 19.6 Å². The van der Waals surface area contributed by atoms with Crippen LogP contribution >= 0.6 is 0 Å². The van der Waals surface area contributed by atoms with Gasteiger partial charge in [-0.25, -0.2) is 13.4 Å². The maximum Gasteiger partial charge on any atom is 0.251 e. The Balaban J connectivity index is 1.52. The number of carbonyl (C=O) groups is 1. The first-order valence-corrected chi connectivity index (χ1v) is 15.2. The summed E-state index contributed by atoms with van der Waals surface area (Å²) in [6, 6.07) is 25.4. The third-order valence-electron chi connectivity index (χ3n) is 6.95. The second-order valence-electron chi connectivity index (χ2n) is 9.78. The molecule has 0 bridgehead atoms. The molecule has 212 valence electrons. The number of ether oxygens (including phenoxy) is 2. The van der Waals surface area contributed by atoms with Crippen molar-refractivity contribution in [2.45, 2.75) is 49.1 Å². The summed E-state index contributed by atoms with van der Waals surface area (Å²) in [5.41, 5.74) is 0.438. The summed E-state index contributed by atoms with van der Waals surface area (Å²) in [5, 5.41) is 11.9. The van der Waals surface area contributed by atoms with Crippen molar-refractivity contribution in [1.29, 1.82) is 0 Å². The van der Waals surface area contributed by atoms with E-state index in [1.54, 1.807) is 61.5 Å². The first kappa shape index (κ1) is 29.3. The lowest BCUT2D eigenvalue weighted by atomic mass is 9.90. The Labute approximate surface area is 236 Å². The summed E-state index contributed by atoms with van der Waals surface area (Å²) in [4.78, 5) is 18.6. The molecule has 0 saturated heterocycles. The van der Waals surface area contributed by atoms with Gasteiger partial charge in [-0.1, -0.05) is 48.5 Å². The Morgan fingerprint density at radius 3 is 2.35 bits per heavy atom. The Morgan fingerprint density at radius 2 is 1.68 bits per heavy atom. The average molecular weight is 565 g/mol. The molecule has 2 atom stereocenters. The molecule has 1 heterocycles. The molecular weight excluding hydrogens is 528 g/mol. The summed E-state index contributed by atoms with van der Waals surface area (Å²) in [6.45, 7) is 2.63. The van der Waals surface area contributed by atoms with Crippen molar-refractivity contribution in [3.8, 4) is 5.75 Å². The molecule has 4 rings (SSSR count). The fourth-order valence-corrected chi connectivity index (χ4v) is 5.97. The van der Waals surface area contributed by atoms with E-state index in [-0.39, 0.29) is 35.5 Å². The largest absolute Gasteiger partial charge is 0.494 e. The van der Waals surface area contributed by atoms with Crippen LogP contribution in [0, 0.1) is 0 Å². The number of hydrogen-bond donors (Lipinski definition) is 2. The molecule has 9 heteroatoms. The van der Waals surface area contributed by atoms with Crippen LogP contribution in [0.1, 0.15) is 37.3 Å². The molecule has 0 radical (unpaired) electrons. The van der Waals surface area contributed by atoms with E-state index in [9.17, 15) is 13.2 Å². The van der Waals surface area contributed by atoms with E-state index in [0.29, 0.717) is 30.9 Å². The highest BCUT2D eigenvalue weighted by Crippen LogP contribution is 2.33. The third kappa shape index (κ3) is 7.28. The Bertz CT molecular complexity index is 1380. The molecule has 0 spiro atoms. The van der Waals surface area contributed by atoms with Gasteiger partial charge in [-0.2, -0.15) is 0 Å². The van der Waals surface area contributed by atoms with Gasteiger partial charge in [0.15, 0.2) is 15.4 Å². The number of aliphatic imine (C=N–C) groups is 1. The van der Waals surface area contributed by atoms with Gasteiger partial charge < -0.3 is 19.9 Å². The number of carbonyl (C=O) groups excluding carboxylic acids is 1. The quantitative estimate of drug-likeness (QED) is 0.287. The van der Waals surface area contributed by atoms with Crippen molar-refractivity contribution >= 4 is 21.6 Å². The van der Waals surface area contributed by atoms with Gasteiger partial charge in [-0.15, -0.1) is 0 Å². The summed E-state index contributed by atoms with van der Waals surface area (Å²) in [7, 11) is -3.64. The number of hydrogen-bond acceptors (Lipinski definition) is 7. The molecule has 1 amide bonds. The van der Waals surface area contributed by atoms with E-state index in [2.05, 4.69) is 5.32 Å². The number of nitrogens with one attached hydrogen (secondary N) is 1. The molecule has 3 aromatic carbocycles. The standard InChI is InChI=1S/C31H36N2O6S/c1-24-31(19-23-40(36,37)28-13-6-3-7-14-28,30(35)32-20-8-12-25-10-4-2-5-11-25)33-29(39-24)26-15-17-27(18-16-26)38-22-9-21-34/h2-7,10-11,13-18,24,34H,8-9,12,19-23H2,1H3,(H,32,35)/t24-,31-/m1/s1. The number of aliphatic hydroxyl groups excluding tert-OH is 1. The van der Waals surface area contributed by atoms with Crippen LogP contribution in [-0.2, 0) is 25.8 Å². The molecule has 0 saturated carbocycles. The lowest BCUT2D eigenvalue weighted by Gasteiger charge is -2.28. The van der Waals surface area contributed by atoms with Gasteiger partial charge in [0.25, 0.3) is 5.91 Å². The van der Waals surface area contributed by atoms with Gasteiger partial charge >= 0.3 is 0 Å². The number of benzene rings is 3. The van der Waals surface area contributed by atoms with Crippen molar-refractivity contribution in [1.82, 2.24) is 5.32 Å². The van der Waals surface area contributed by atoms with Crippen molar-refractivity contribution in [3.05, 3.63) is 96.1 Å². The van der Waals surface area contributed by atoms with Gasteiger partial charge in [0, 0.05) is 25.1 Å². The molecular formula is C31H36N2O6S. The van der Waals surface area contributed by atoms with Crippen LogP contribution in [0.15, 0.2) is 94.8 Å². The van der Waals surface area contributed by atoms with Gasteiger partial charge in [-0.3, -0.25) is 4.79 Å². The second kappa shape index (κ2) is 13.6. The number of rotatable bonds is 14.